The molecule has 0 aromatic heterocycles. The zero-order valence-electron chi connectivity index (χ0n) is 12.9. The number of aliphatic carboxylic acids is 1. The summed E-state index contributed by atoms with van der Waals surface area (Å²) in [5.41, 5.74) is 6.50. The summed E-state index contributed by atoms with van der Waals surface area (Å²) in [6.07, 6.45) is 0.0666. The van der Waals surface area contributed by atoms with Gasteiger partial charge in [0, 0.05) is 0 Å². The Morgan fingerprint density at radius 2 is 1.76 bits per heavy atom. The predicted octanol–water partition coefficient (Wildman–Crippen LogP) is 0.323. The van der Waals surface area contributed by atoms with E-state index in [4.69, 9.17) is 19.0 Å². The first-order valence-corrected chi connectivity index (χ1v) is 10.4. The number of azo groups is 1. The molecule has 0 fully saturated rings. The van der Waals surface area contributed by atoms with Gasteiger partial charge in [-0.2, -0.15) is 0 Å². The minimum atomic E-state index is -4.94. The molecule has 0 saturated carbocycles. The molecule has 0 saturated heterocycles. The number of nitrogens with zero attached hydrogens (tertiary/aromatic N) is 2. The molecule has 2 aromatic carbocycles. The zero-order chi connectivity index (χ0) is 18.6. The van der Waals surface area contributed by atoms with Crippen molar-refractivity contribution in [2.24, 2.45) is 16.0 Å². The molecule has 6 N–H and O–H groups in total. The molecular weight excluding hydrogens is 393 g/mol. The zero-order valence-corrected chi connectivity index (χ0v) is 14.7. The molecule has 1 unspecified atom stereocenters. The number of carboxylic acid groups (broad SMARTS) is 1. The van der Waals surface area contributed by atoms with Crippen LogP contribution in [0.25, 0.3) is 0 Å². The Bertz CT molecular complexity index is 847. The van der Waals surface area contributed by atoms with Crippen LogP contribution in [-0.2, 0) is 15.0 Å². The van der Waals surface area contributed by atoms with Gasteiger partial charge < -0.3 is 5.11 Å². The number of hydrogen-bond acceptors (Lipinski definition) is 6. The first-order valence-electron chi connectivity index (χ1n) is 7.05. The van der Waals surface area contributed by atoms with Gasteiger partial charge in [-0.05, 0) is 0 Å². The number of phenols is 1. The fourth-order valence-electron chi connectivity index (χ4n) is 1.94. The third-order valence-electron chi connectivity index (χ3n) is 3.27. The Hall–Kier alpha value is -2.45. The molecule has 2 rings (SSSR count). The van der Waals surface area contributed by atoms with Crippen LogP contribution in [0, 0.1) is 0 Å². The molecule has 1 atom stereocenters. The summed E-state index contributed by atoms with van der Waals surface area (Å²) in [5.74, 6) is -1.28. The number of hydrogen-bond donors (Lipinski definition) is 5. The molecule has 25 heavy (non-hydrogen) atoms. The van der Waals surface area contributed by atoms with Crippen LogP contribution < -0.4 is 10.1 Å². The van der Waals surface area contributed by atoms with Gasteiger partial charge in [0.15, 0.2) is 0 Å². The number of aromatic hydroxyl groups is 1. The second-order valence-electron chi connectivity index (χ2n) is 5.23. The van der Waals surface area contributed by atoms with E-state index < -0.39 is 26.2 Å². The number of rotatable bonds is 6. The number of carboxylic acids is 1. The summed E-state index contributed by atoms with van der Waals surface area (Å²) in [6.45, 7) is 0. The van der Waals surface area contributed by atoms with Gasteiger partial charge in [-0.1, -0.05) is 0 Å². The van der Waals surface area contributed by atoms with E-state index >= 15 is 0 Å². The van der Waals surface area contributed by atoms with Crippen molar-refractivity contribution in [3.05, 3.63) is 48.0 Å². The first-order chi connectivity index (χ1) is 11.7. The summed E-state index contributed by atoms with van der Waals surface area (Å²) >= 11 is -4.94. The van der Waals surface area contributed by atoms with E-state index in [1.165, 1.54) is 42.5 Å². The Morgan fingerprint density at radius 3 is 2.32 bits per heavy atom. The molecule has 2 aromatic rings. The Labute approximate surface area is 145 Å². The summed E-state index contributed by atoms with van der Waals surface area (Å²) in [6, 6.07) is 8.59. The molecule has 9 nitrogen and oxygen atoms in total. The Kier molecular flexibility index (Phi) is 5.76. The van der Waals surface area contributed by atoms with Crippen molar-refractivity contribution in [1.82, 2.24) is 0 Å². The molecule has 0 aliphatic carbocycles. The van der Waals surface area contributed by atoms with Crippen LogP contribution in [-0.4, -0.2) is 44.6 Å². The topological polar surface area (TPSA) is 166 Å². The number of nitrogens with two attached hydrogens (primary N) is 1. The summed E-state index contributed by atoms with van der Waals surface area (Å²) in [5, 5.41) is 26.4. The Balaban J connectivity index is 2.20. The SMILES string of the molecule is NC(Cc1ccc(O)c(N=Nc2ccc([As](=O)(O)O)cc2)c1)C(=O)O. The standard InChI is InChI=1S/C15H16AsN3O6/c17-12(15(21)22)7-9-1-6-14(20)13(8-9)19-18-11-4-2-10(3-5-11)16(23,24)25/h1-6,8,12,20H,7,17H2,(H,21,22)(H2,23,24,25). The van der Waals surface area contributed by atoms with Gasteiger partial charge in [-0.25, -0.2) is 0 Å². The molecule has 0 aliphatic rings. The summed E-state index contributed by atoms with van der Waals surface area (Å²) in [4.78, 5) is 10.8. The van der Waals surface area contributed by atoms with Gasteiger partial charge in [-0.3, -0.25) is 4.79 Å². The van der Waals surface area contributed by atoms with Crippen molar-refractivity contribution in [3.8, 4) is 5.75 Å². The van der Waals surface area contributed by atoms with E-state index in [0.717, 1.165) is 0 Å². The van der Waals surface area contributed by atoms with E-state index in [9.17, 15) is 13.6 Å². The van der Waals surface area contributed by atoms with Crippen molar-refractivity contribution >= 4 is 35.9 Å². The van der Waals surface area contributed by atoms with E-state index in [0.29, 0.717) is 11.3 Å². The normalized spacial score (nSPS) is 13.1. The second-order valence-corrected chi connectivity index (χ2v) is 8.60. The van der Waals surface area contributed by atoms with Gasteiger partial charge in [0.25, 0.3) is 0 Å². The van der Waals surface area contributed by atoms with Crippen molar-refractivity contribution < 1.29 is 26.9 Å². The number of carbonyl (C=O) groups is 1. The van der Waals surface area contributed by atoms with Crippen molar-refractivity contribution in [2.45, 2.75) is 12.5 Å². The van der Waals surface area contributed by atoms with Crippen LogP contribution in [0.15, 0.2) is 52.7 Å². The molecule has 132 valence electrons. The second kappa shape index (κ2) is 7.62. The molecule has 0 bridgehead atoms. The van der Waals surface area contributed by atoms with Crippen LogP contribution in [0.2, 0.25) is 0 Å². The maximum absolute atomic E-state index is 11.2. The molecule has 0 spiro atoms. The molecule has 0 aliphatic heterocycles. The first kappa shape index (κ1) is 18.9. The fourth-order valence-corrected chi connectivity index (χ4v) is 3.07. The monoisotopic (exact) mass is 409 g/mol. The Morgan fingerprint density at radius 1 is 1.12 bits per heavy atom. The van der Waals surface area contributed by atoms with E-state index in [1.54, 1.807) is 0 Å². The molecule has 10 heteroatoms. The van der Waals surface area contributed by atoms with Crippen LogP contribution in [0.1, 0.15) is 5.56 Å². The van der Waals surface area contributed by atoms with Crippen LogP contribution in [0.5, 0.6) is 5.75 Å². The minimum absolute atomic E-state index is 0.0666. The van der Waals surface area contributed by atoms with Gasteiger partial charge in [-0.15, -0.1) is 0 Å². The number of phenolic OH excluding ortho intramolecular Hbond substituents is 1. The summed E-state index contributed by atoms with van der Waals surface area (Å²) in [7, 11) is 0. The van der Waals surface area contributed by atoms with Crippen LogP contribution in [0.3, 0.4) is 0 Å². The molecule has 0 heterocycles. The molecule has 0 radical (unpaired) electrons. The molecule has 0 amide bonds. The van der Waals surface area contributed by atoms with Crippen molar-refractivity contribution in [3.63, 3.8) is 0 Å². The quantitative estimate of drug-likeness (QED) is 0.338. The van der Waals surface area contributed by atoms with Gasteiger partial charge in [0.05, 0.1) is 0 Å². The third kappa shape index (κ3) is 5.26. The third-order valence-corrected chi connectivity index (χ3v) is 5.31. The maximum atomic E-state index is 11.2. The van der Waals surface area contributed by atoms with Gasteiger partial charge in [0.1, 0.15) is 0 Å². The van der Waals surface area contributed by atoms with Crippen molar-refractivity contribution in [1.29, 1.82) is 0 Å². The van der Waals surface area contributed by atoms with E-state index in [1.807, 2.05) is 0 Å². The average molecular weight is 409 g/mol. The minimum Gasteiger partial charge on any atom is -0.480 e. The van der Waals surface area contributed by atoms with Crippen molar-refractivity contribution in [2.75, 3.05) is 0 Å². The average Bonchev–Trinajstić information content (AvgIpc) is 2.54. The van der Waals surface area contributed by atoms with Gasteiger partial charge >= 0.3 is 135 Å². The van der Waals surface area contributed by atoms with Gasteiger partial charge in [0.2, 0.25) is 0 Å². The fraction of sp³-hybridized carbons (Fsp3) is 0.133. The van der Waals surface area contributed by atoms with E-state index in [-0.39, 0.29) is 22.2 Å². The van der Waals surface area contributed by atoms with Crippen LogP contribution in [0.4, 0.5) is 11.4 Å². The smallest absolute Gasteiger partial charge is 0.480 e. The number of benzene rings is 2. The predicted molar refractivity (Wildman–Crippen MR) is 88.6 cm³/mol. The van der Waals surface area contributed by atoms with E-state index in [2.05, 4.69) is 10.2 Å². The van der Waals surface area contributed by atoms with Crippen LogP contribution >= 0.6 is 0 Å². The summed E-state index contributed by atoms with van der Waals surface area (Å²) < 4.78 is 29.3. The molecular formula is C15H16AsN3O6.